The molecular formula is C16H22ClN3. The number of nitrogens with two attached hydrogens (primary N) is 1. The number of aromatic nitrogens is 2. The molecule has 0 radical (unpaired) electrons. The highest BCUT2D eigenvalue weighted by atomic mass is 35.5. The van der Waals surface area contributed by atoms with Crippen molar-refractivity contribution in [3.8, 4) is 11.4 Å². The Bertz CT molecular complexity index is 575. The van der Waals surface area contributed by atoms with Gasteiger partial charge in [-0.25, -0.2) is 4.98 Å². The van der Waals surface area contributed by atoms with Crippen LogP contribution in [-0.4, -0.2) is 9.97 Å². The number of hydrogen-bond donors (Lipinski definition) is 2. The molecule has 0 unspecified atom stereocenters. The zero-order valence-corrected chi connectivity index (χ0v) is 12.9. The molecule has 0 saturated heterocycles. The lowest BCUT2D eigenvalue weighted by Crippen LogP contribution is -1.90. The summed E-state index contributed by atoms with van der Waals surface area (Å²) in [5.41, 5.74) is 9.64. The summed E-state index contributed by atoms with van der Waals surface area (Å²) in [5.74, 6) is 0.810. The van der Waals surface area contributed by atoms with Crippen LogP contribution in [0.1, 0.15) is 44.0 Å². The van der Waals surface area contributed by atoms with Gasteiger partial charge in [0, 0.05) is 16.9 Å². The number of anilines is 1. The molecule has 0 aliphatic heterocycles. The Morgan fingerprint density at radius 1 is 1.25 bits per heavy atom. The van der Waals surface area contributed by atoms with Gasteiger partial charge in [0.05, 0.1) is 10.7 Å². The summed E-state index contributed by atoms with van der Waals surface area (Å²) >= 11 is 6.22. The number of nitrogens with one attached hydrogen (secondary N) is 1. The summed E-state index contributed by atoms with van der Waals surface area (Å²) in [6, 6.07) is 5.47. The van der Waals surface area contributed by atoms with Crippen LogP contribution in [0.2, 0.25) is 5.02 Å². The van der Waals surface area contributed by atoms with Gasteiger partial charge in [-0.15, -0.1) is 0 Å². The molecule has 0 amide bonds. The molecule has 1 aromatic carbocycles. The standard InChI is InChI=1S/C16H22ClN3/c1-3-4-5-6-7-15-11(2)19-16(20-15)13-10-12(18)8-9-14(13)17/h8-10H,3-7,18H2,1-2H3,(H,19,20). The van der Waals surface area contributed by atoms with E-state index < -0.39 is 0 Å². The molecule has 0 bridgehead atoms. The topological polar surface area (TPSA) is 54.7 Å². The van der Waals surface area contributed by atoms with E-state index in [9.17, 15) is 0 Å². The number of nitrogens with zero attached hydrogens (tertiary/aromatic N) is 1. The van der Waals surface area contributed by atoms with E-state index in [0.29, 0.717) is 10.7 Å². The van der Waals surface area contributed by atoms with Crippen molar-refractivity contribution in [3.63, 3.8) is 0 Å². The summed E-state index contributed by atoms with van der Waals surface area (Å²) in [5, 5.41) is 0.672. The monoisotopic (exact) mass is 291 g/mol. The summed E-state index contributed by atoms with van der Waals surface area (Å²) in [7, 11) is 0. The second-order valence-electron chi connectivity index (χ2n) is 5.21. The molecule has 2 rings (SSSR count). The van der Waals surface area contributed by atoms with Crippen LogP contribution in [0.25, 0.3) is 11.4 Å². The summed E-state index contributed by atoms with van der Waals surface area (Å²) in [6.45, 7) is 4.28. The van der Waals surface area contributed by atoms with E-state index in [1.54, 1.807) is 6.07 Å². The van der Waals surface area contributed by atoms with E-state index in [0.717, 1.165) is 29.2 Å². The minimum atomic E-state index is 0.672. The number of nitrogen functional groups attached to an aromatic ring is 1. The van der Waals surface area contributed by atoms with Crippen LogP contribution in [0.5, 0.6) is 0 Å². The fourth-order valence-corrected chi connectivity index (χ4v) is 2.52. The minimum absolute atomic E-state index is 0.672. The van der Waals surface area contributed by atoms with Crippen LogP contribution in [0.3, 0.4) is 0 Å². The lowest BCUT2D eigenvalue weighted by molar-refractivity contribution is 0.660. The number of rotatable bonds is 6. The van der Waals surface area contributed by atoms with Crippen molar-refractivity contribution in [2.75, 3.05) is 5.73 Å². The second kappa shape index (κ2) is 6.80. The number of imidazole rings is 1. The highest BCUT2D eigenvalue weighted by Gasteiger charge is 2.11. The Morgan fingerprint density at radius 2 is 2.05 bits per heavy atom. The van der Waals surface area contributed by atoms with Crippen molar-refractivity contribution in [1.29, 1.82) is 0 Å². The van der Waals surface area contributed by atoms with E-state index >= 15 is 0 Å². The second-order valence-corrected chi connectivity index (χ2v) is 5.61. The molecule has 4 heteroatoms. The first kappa shape index (κ1) is 14.9. The Balaban J connectivity index is 2.16. The van der Waals surface area contributed by atoms with Crippen molar-refractivity contribution in [2.24, 2.45) is 0 Å². The third-order valence-corrected chi connectivity index (χ3v) is 3.83. The fourth-order valence-electron chi connectivity index (χ4n) is 2.31. The number of unbranched alkanes of at least 4 members (excludes halogenated alkanes) is 3. The van der Waals surface area contributed by atoms with Gasteiger partial charge in [0.1, 0.15) is 5.82 Å². The number of benzene rings is 1. The smallest absolute Gasteiger partial charge is 0.139 e. The Morgan fingerprint density at radius 3 is 2.80 bits per heavy atom. The summed E-state index contributed by atoms with van der Waals surface area (Å²) in [6.07, 6.45) is 6.00. The normalized spacial score (nSPS) is 10.9. The molecule has 0 spiro atoms. The van der Waals surface area contributed by atoms with Crippen LogP contribution < -0.4 is 5.73 Å². The van der Waals surface area contributed by atoms with Crippen LogP contribution >= 0.6 is 11.6 Å². The molecule has 0 aliphatic rings. The van der Waals surface area contributed by atoms with Crippen LogP contribution in [0.15, 0.2) is 18.2 Å². The zero-order chi connectivity index (χ0) is 14.5. The highest BCUT2D eigenvalue weighted by molar-refractivity contribution is 6.33. The van der Waals surface area contributed by atoms with Gasteiger partial charge in [-0.05, 0) is 38.0 Å². The average molecular weight is 292 g/mol. The van der Waals surface area contributed by atoms with Crippen molar-refractivity contribution < 1.29 is 0 Å². The number of hydrogen-bond acceptors (Lipinski definition) is 2. The minimum Gasteiger partial charge on any atom is -0.399 e. The quantitative estimate of drug-likeness (QED) is 0.596. The third-order valence-electron chi connectivity index (χ3n) is 3.50. The van der Waals surface area contributed by atoms with Gasteiger partial charge in [0.25, 0.3) is 0 Å². The van der Waals surface area contributed by atoms with Gasteiger partial charge < -0.3 is 10.7 Å². The fraction of sp³-hybridized carbons (Fsp3) is 0.438. The van der Waals surface area contributed by atoms with Crippen LogP contribution in [-0.2, 0) is 6.42 Å². The number of aromatic amines is 1. The first-order valence-corrected chi connectivity index (χ1v) is 7.60. The molecule has 3 nitrogen and oxygen atoms in total. The lowest BCUT2D eigenvalue weighted by atomic mass is 10.1. The van der Waals surface area contributed by atoms with Gasteiger partial charge >= 0.3 is 0 Å². The Hall–Kier alpha value is -1.48. The maximum atomic E-state index is 6.22. The van der Waals surface area contributed by atoms with Crippen LogP contribution in [0, 0.1) is 6.92 Å². The lowest BCUT2D eigenvalue weighted by Gasteiger charge is -2.02. The van der Waals surface area contributed by atoms with Gasteiger partial charge in [-0.2, -0.15) is 0 Å². The van der Waals surface area contributed by atoms with Crippen molar-refractivity contribution in [1.82, 2.24) is 9.97 Å². The van der Waals surface area contributed by atoms with E-state index in [-0.39, 0.29) is 0 Å². The molecule has 0 saturated carbocycles. The molecule has 0 aliphatic carbocycles. The van der Waals surface area contributed by atoms with Crippen molar-refractivity contribution in [2.45, 2.75) is 46.0 Å². The van der Waals surface area contributed by atoms with Gasteiger partial charge in [0.2, 0.25) is 0 Å². The average Bonchev–Trinajstić information content (AvgIpc) is 2.79. The molecule has 1 heterocycles. The maximum absolute atomic E-state index is 6.22. The van der Waals surface area contributed by atoms with Crippen molar-refractivity contribution in [3.05, 3.63) is 34.6 Å². The Labute approximate surface area is 125 Å². The number of H-pyrrole nitrogens is 1. The molecule has 0 fully saturated rings. The zero-order valence-electron chi connectivity index (χ0n) is 12.2. The largest absolute Gasteiger partial charge is 0.399 e. The molecule has 2 aromatic rings. The first-order chi connectivity index (χ1) is 9.61. The third kappa shape index (κ3) is 3.54. The van der Waals surface area contributed by atoms with E-state index in [2.05, 4.69) is 23.8 Å². The summed E-state index contributed by atoms with van der Waals surface area (Å²) < 4.78 is 0. The molecule has 3 N–H and O–H groups in total. The molecule has 1 aromatic heterocycles. The molecule has 0 atom stereocenters. The van der Waals surface area contributed by atoms with Gasteiger partial charge in [0.15, 0.2) is 0 Å². The van der Waals surface area contributed by atoms with Gasteiger partial charge in [-0.1, -0.05) is 37.8 Å². The van der Waals surface area contributed by atoms with Gasteiger partial charge in [-0.3, -0.25) is 0 Å². The molecule has 20 heavy (non-hydrogen) atoms. The van der Waals surface area contributed by atoms with Crippen LogP contribution in [0.4, 0.5) is 5.69 Å². The predicted octanol–water partition coefficient (Wildman–Crippen LogP) is 4.74. The van der Waals surface area contributed by atoms with E-state index in [1.807, 2.05) is 12.1 Å². The number of halogens is 1. The Kier molecular flexibility index (Phi) is 5.07. The first-order valence-electron chi connectivity index (χ1n) is 7.22. The maximum Gasteiger partial charge on any atom is 0.139 e. The predicted molar refractivity (Wildman–Crippen MR) is 86.0 cm³/mol. The van der Waals surface area contributed by atoms with E-state index in [4.69, 9.17) is 17.3 Å². The number of aryl methyl sites for hydroxylation is 2. The highest BCUT2D eigenvalue weighted by Crippen LogP contribution is 2.28. The summed E-state index contributed by atoms with van der Waals surface area (Å²) in [4.78, 5) is 8.00. The molecule has 108 valence electrons. The van der Waals surface area contributed by atoms with E-state index in [1.165, 1.54) is 25.7 Å². The van der Waals surface area contributed by atoms with Crippen molar-refractivity contribution >= 4 is 17.3 Å². The SMILES string of the molecule is CCCCCCc1nc(-c2cc(N)ccc2Cl)[nH]c1C. The molecular weight excluding hydrogens is 270 g/mol.